The van der Waals surface area contributed by atoms with Crippen molar-refractivity contribution in [2.24, 2.45) is 11.8 Å². The van der Waals surface area contributed by atoms with Gasteiger partial charge in [-0.05, 0) is 41.9 Å². The van der Waals surface area contributed by atoms with Gasteiger partial charge in [-0.1, -0.05) is 142 Å². The molecule has 1 aliphatic carbocycles. The summed E-state index contributed by atoms with van der Waals surface area (Å²) in [5, 5.41) is 78.5. The molecular weight excluding hydrogens is 1040 g/mol. The molecule has 9 rings (SSSR count). The third kappa shape index (κ3) is 14.2. The third-order valence-corrected chi connectivity index (χ3v) is 15.6. The van der Waals surface area contributed by atoms with Crippen molar-refractivity contribution in [2.45, 2.75) is 170 Å². The molecule has 22 nitrogen and oxygen atoms in total. The first-order chi connectivity index (χ1) is 38.8. The van der Waals surface area contributed by atoms with E-state index in [1.165, 1.54) is 0 Å². The number of aliphatic hydroxyl groups is 6. The van der Waals surface area contributed by atoms with Crippen molar-refractivity contribution in [1.82, 2.24) is 16.0 Å². The summed E-state index contributed by atoms with van der Waals surface area (Å²) >= 11 is 0. The number of fused-ring (bicyclic) bond motifs is 1. The highest BCUT2D eigenvalue weighted by Crippen LogP contribution is 2.42. The van der Waals surface area contributed by atoms with Crippen molar-refractivity contribution in [3.8, 4) is 0 Å². The quantitative estimate of drug-likeness (QED) is 0.0606. The van der Waals surface area contributed by atoms with Gasteiger partial charge in [0.15, 0.2) is 18.9 Å². The van der Waals surface area contributed by atoms with Gasteiger partial charge in [0.25, 0.3) is 0 Å². The van der Waals surface area contributed by atoms with E-state index >= 15 is 0 Å². The molecule has 80 heavy (non-hydrogen) atoms. The Morgan fingerprint density at radius 3 is 1.62 bits per heavy atom. The van der Waals surface area contributed by atoms with Crippen molar-refractivity contribution >= 4 is 18.3 Å². The van der Waals surface area contributed by atoms with Crippen LogP contribution in [0.5, 0.6) is 0 Å². The topological polar surface area (TPSA) is 301 Å². The molecule has 4 heterocycles. The van der Waals surface area contributed by atoms with Crippen LogP contribution in [-0.2, 0) is 67.2 Å². The van der Waals surface area contributed by atoms with Crippen LogP contribution < -0.4 is 16.0 Å². The Hall–Kier alpha value is -5.83. The molecule has 4 saturated heterocycles. The summed E-state index contributed by atoms with van der Waals surface area (Å²) in [7, 11) is 0. The van der Waals surface area contributed by atoms with E-state index in [0.717, 1.165) is 5.56 Å². The lowest BCUT2D eigenvalue weighted by Crippen LogP contribution is -2.69. The summed E-state index contributed by atoms with van der Waals surface area (Å²) in [6.45, 7) is 2.64. The van der Waals surface area contributed by atoms with Crippen LogP contribution in [0, 0.1) is 11.8 Å². The molecule has 5 aliphatic rings. The molecule has 4 aromatic rings. The minimum atomic E-state index is -1.62. The van der Waals surface area contributed by atoms with E-state index in [0.29, 0.717) is 23.1 Å². The molecule has 4 aromatic carbocycles. The average molecular weight is 1120 g/mol. The number of rotatable bonds is 19. The molecule has 4 aliphatic heterocycles. The van der Waals surface area contributed by atoms with Crippen molar-refractivity contribution in [3.05, 3.63) is 144 Å². The zero-order valence-corrected chi connectivity index (χ0v) is 44.4. The SMILES string of the molecule is CCC1CC(NC(=O)OCc2ccccc2)C(O)C(OC2OC(CO)C(CC3OC(CC)C(O)C(O)C3NC(=O)OCc3ccccc3)C2O)C1OC1OC2COC(c3ccccc3)OC2C(O)C1NC(=O)OCc1ccccc1. The number of aliphatic hydroxyl groups excluding tert-OH is 6. The van der Waals surface area contributed by atoms with Gasteiger partial charge < -0.3 is 94.0 Å². The summed E-state index contributed by atoms with van der Waals surface area (Å²) in [5.41, 5.74) is 2.82. The number of hydrogen-bond donors (Lipinski definition) is 9. The van der Waals surface area contributed by atoms with E-state index in [1.807, 2.05) is 55.5 Å². The summed E-state index contributed by atoms with van der Waals surface area (Å²) in [6.07, 6.45) is -21.5. The van der Waals surface area contributed by atoms with Gasteiger partial charge in [0.1, 0.15) is 74.7 Å². The number of amides is 3. The Bertz CT molecular complexity index is 2560. The Morgan fingerprint density at radius 1 is 0.537 bits per heavy atom. The van der Waals surface area contributed by atoms with Crippen LogP contribution in [0.2, 0.25) is 0 Å². The van der Waals surface area contributed by atoms with Crippen LogP contribution in [0.4, 0.5) is 14.4 Å². The van der Waals surface area contributed by atoms with Crippen LogP contribution >= 0.6 is 0 Å². The number of nitrogens with one attached hydrogen (secondary N) is 3. The largest absolute Gasteiger partial charge is 0.445 e. The third-order valence-electron chi connectivity index (χ3n) is 15.6. The Labute approximate surface area is 463 Å². The van der Waals surface area contributed by atoms with E-state index in [2.05, 4.69) is 16.0 Å². The van der Waals surface area contributed by atoms with Gasteiger partial charge in [-0.2, -0.15) is 0 Å². The summed E-state index contributed by atoms with van der Waals surface area (Å²) in [6, 6.07) is 32.4. The smallest absolute Gasteiger partial charge is 0.407 e. The van der Waals surface area contributed by atoms with Crippen LogP contribution in [0.25, 0.3) is 0 Å². The Kier molecular flexibility index (Phi) is 20.4. The molecule has 20 atom stereocenters. The maximum Gasteiger partial charge on any atom is 0.407 e. The molecule has 3 amide bonds. The van der Waals surface area contributed by atoms with Gasteiger partial charge in [-0.15, -0.1) is 0 Å². The van der Waals surface area contributed by atoms with Crippen molar-refractivity contribution < 1.29 is 92.4 Å². The second-order valence-corrected chi connectivity index (χ2v) is 20.8. The number of benzene rings is 4. The summed E-state index contributed by atoms with van der Waals surface area (Å²) < 4.78 is 61.7. The molecule has 9 N–H and O–H groups in total. The fourth-order valence-electron chi connectivity index (χ4n) is 11.2. The van der Waals surface area contributed by atoms with Crippen molar-refractivity contribution in [1.29, 1.82) is 0 Å². The minimum absolute atomic E-state index is 0.0647. The highest BCUT2D eigenvalue weighted by Gasteiger charge is 2.57. The maximum atomic E-state index is 13.7. The van der Waals surface area contributed by atoms with Crippen LogP contribution in [-0.4, -0.2) is 166 Å². The summed E-state index contributed by atoms with van der Waals surface area (Å²) in [4.78, 5) is 40.4. The Morgan fingerprint density at radius 2 is 1.07 bits per heavy atom. The van der Waals surface area contributed by atoms with E-state index in [1.54, 1.807) is 79.7 Å². The molecule has 434 valence electrons. The van der Waals surface area contributed by atoms with Crippen LogP contribution in [0.3, 0.4) is 0 Å². The minimum Gasteiger partial charge on any atom is -0.445 e. The lowest BCUT2D eigenvalue weighted by molar-refractivity contribution is -0.360. The van der Waals surface area contributed by atoms with E-state index in [4.69, 9.17) is 47.4 Å². The van der Waals surface area contributed by atoms with Gasteiger partial charge in [-0.25, -0.2) is 14.4 Å². The molecule has 1 saturated carbocycles. The number of carbonyl (C=O) groups is 3. The lowest BCUT2D eigenvalue weighted by atomic mass is 9.77. The maximum absolute atomic E-state index is 13.7. The van der Waals surface area contributed by atoms with Gasteiger partial charge >= 0.3 is 18.3 Å². The standard InChI is InChI=1S/C58H73N3O19/c1-3-35-25-38(59-56(68)72-28-32-17-9-5-10-18-32)46(64)52(80-55-45(63)37(41(27-62)76-55)26-40-43(48(66)47(65)39(4-2)75-40)60-57(69)73-29-33-19-11-6-12-20-33)50(35)78-54-44(61-58(70)74-30-34-21-13-7-14-22-34)49(67)51-42(77-54)31-71-53(79-51)36-23-15-8-16-24-36/h5-24,35,37-55,62-67H,3-4,25-31H2,1-2H3,(H,59,68)(H,60,69)(H,61,70). The number of ether oxygens (including phenoxy) is 10. The average Bonchev–Trinajstić information content (AvgIpc) is 3.78. The van der Waals surface area contributed by atoms with Crippen LogP contribution in [0.1, 0.15) is 68.1 Å². The highest BCUT2D eigenvalue weighted by atomic mass is 16.8. The molecular formula is C58H73N3O19. The molecule has 0 bridgehead atoms. The Balaban J connectivity index is 0.974. The number of carbonyl (C=O) groups excluding carboxylic acids is 3. The van der Waals surface area contributed by atoms with Crippen molar-refractivity contribution in [2.75, 3.05) is 13.2 Å². The van der Waals surface area contributed by atoms with Crippen LogP contribution in [0.15, 0.2) is 121 Å². The van der Waals surface area contributed by atoms with E-state index in [9.17, 15) is 45.0 Å². The molecule has 0 spiro atoms. The monoisotopic (exact) mass is 1120 g/mol. The molecule has 20 unspecified atom stereocenters. The molecule has 22 heteroatoms. The fraction of sp³-hybridized carbons (Fsp3) is 0.534. The van der Waals surface area contributed by atoms with E-state index in [-0.39, 0.29) is 45.7 Å². The molecule has 0 radical (unpaired) electrons. The van der Waals surface area contributed by atoms with Crippen molar-refractivity contribution in [3.63, 3.8) is 0 Å². The first-order valence-corrected chi connectivity index (χ1v) is 27.3. The first-order valence-electron chi connectivity index (χ1n) is 27.3. The number of alkyl carbamates (subject to hydrolysis) is 3. The highest BCUT2D eigenvalue weighted by molar-refractivity contribution is 5.68. The second kappa shape index (κ2) is 27.8. The lowest BCUT2D eigenvalue weighted by Gasteiger charge is -2.51. The predicted molar refractivity (Wildman–Crippen MR) is 280 cm³/mol. The first kappa shape index (κ1) is 58.8. The van der Waals surface area contributed by atoms with Gasteiger partial charge in [0.05, 0.1) is 49.7 Å². The zero-order chi connectivity index (χ0) is 56.3. The second-order valence-electron chi connectivity index (χ2n) is 20.8. The zero-order valence-electron chi connectivity index (χ0n) is 44.4. The van der Waals surface area contributed by atoms with E-state index < -0.39 is 147 Å². The fourth-order valence-corrected chi connectivity index (χ4v) is 11.2. The molecule has 5 fully saturated rings. The normalized spacial score (nSPS) is 35.0. The summed E-state index contributed by atoms with van der Waals surface area (Å²) in [5.74, 6) is -1.60. The van der Waals surface area contributed by atoms with Gasteiger partial charge in [0.2, 0.25) is 0 Å². The predicted octanol–water partition coefficient (Wildman–Crippen LogP) is 3.62. The van der Waals surface area contributed by atoms with Gasteiger partial charge in [0, 0.05) is 11.5 Å². The molecule has 0 aromatic heterocycles. The van der Waals surface area contributed by atoms with Gasteiger partial charge in [-0.3, -0.25) is 0 Å². The number of hydrogen-bond acceptors (Lipinski definition) is 19.